The molecule has 2 atom stereocenters. The van der Waals surface area contributed by atoms with Crippen molar-refractivity contribution in [2.45, 2.75) is 68.7 Å². The number of benzene rings is 3. The lowest BCUT2D eigenvalue weighted by Crippen LogP contribution is -2.68. The van der Waals surface area contributed by atoms with Crippen molar-refractivity contribution < 1.29 is 22.4 Å². The average Bonchev–Trinajstić information content (AvgIpc) is 3.78. The second kappa shape index (κ2) is 15.0. The zero-order valence-electron chi connectivity index (χ0n) is 31.2. The van der Waals surface area contributed by atoms with E-state index in [1.165, 1.54) is 30.9 Å². The van der Waals surface area contributed by atoms with Gasteiger partial charge in [0.05, 0.1) is 17.8 Å². The standard InChI is InChI=1S/C40H46ClN5O5S2Si/c1-40(2,3)54(31-12-8-6-9-13-31,32-14-10-7-11-15-32)51-30-17-19-34-35(25-30)52-38(43-34)39(48)46-21-20-45(26-29(46)24-37(47)44(4)5)53(49,50)36-23-27-22-28(41)16-18-33(27)42-36/h6-16,18,22-23,29-30,42H,17,19-21,24-26H2,1-5H3. The molecule has 2 aliphatic rings. The third-order valence-corrected chi connectivity index (χ3v) is 18.9. The number of sulfonamides is 1. The Bertz CT molecular complexity index is 2230. The minimum Gasteiger partial charge on any atom is -0.404 e. The highest BCUT2D eigenvalue weighted by molar-refractivity contribution is 7.89. The number of hydrogen-bond acceptors (Lipinski definition) is 7. The number of amides is 2. The van der Waals surface area contributed by atoms with E-state index in [2.05, 4.69) is 74.3 Å². The van der Waals surface area contributed by atoms with Crippen LogP contribution in [0.1, 0.15) is 54.0 Å². The van der Waals surface area contributed by atoms with E-state index < -0.39 is 24.4 Å². The van der Waals surface area contributed by atoms with Crippen molar-refractivity contribution in [1.82, 2.24) is 24.1 Å². The maximum absolute atomic E-state index is 14.3. The van der Waals surface area contributed by atoms with E-state index in [1.807, 2.05) is 12.1 Å². The molecule has 1 fully saturated rings. The van der Waals surface area contributed by atoms with Crippen LogP contribution in [0.15, 0.2) is 90.0 Å². The van der Waals surface area contributed by atoms with Gasteiger partial charge in [0.25, 0.3) is 24.2 Å². The maximum atomic E-state index is 14.3. The zero-order chi connectivity index (χ0) is 38.4. The van der Waals surface area contributed by atoms with Gasteiger partial charge in [-0.3, -0.25) is 9.59 Å². The fourth-order valence-corrected chi connectivity index (χ4v) is 15.3. The van der Waals surface area contributed by atoms with Crippen LogP contribution in [0.2, 0.25) is 10.1 Å². The van der Waals surface area contributed by atoms with Crippen molar-refractivity contribution in [1.29, 1.82) is 0 Å². The summed E-state index contributed by atoms with van der Waals surface area (Å²) >= 11 is 7.54. The lowest BCUT2D eigenvalue weighted by molar-refractivity contribution is -0.130. The van der Waals surface area contributed by atoms with Crippen molar-refractivity contribution in [3.8, 4) is 0 Å². The molecule has 1 aliphatic heterocycles. The van der Waals surface area contributed by atoms with Gasteiger partial charge in [-0.2, -0.15) is 4.31 Å². The van der Waals surface area contributed by atoms with Crippen molar-refractivity contribution in [3.63, 3.8) is 0 Å². The SMILES string of the molecule is CN(C)C(=O)CC1CN(S(=O)(=O)c2cc3cc(Cl)ccc3[nH]2)CCN1C(=O)c1nc2c(s1)CC(O[Si](c1ccccc1)(c1ccccc1)C(C)(C)C)CC2. The summed E-state index contributed by atoms with van der Waals surface area (Å²) in [6, 6.07) is 27.2. The van der Waals surface area contributed by atoms with Gasteiger partial charge in [-0.25, -0.2) is 13.4 Å². The minimum absolute atomic E-state index is 0.0213. The highest BCUT2D eigenvalue weighted by atomic mass is 35.5. The number of thiazole rings is 1. The van der Waals surface area contributed by atoms with Crippen LogP contribution in [0.25, 0.3) is 10.9 Å². The molecule has 284 valence electrons. The number of H-pyrrole nitrogens is 1. The van der Waals surface area contributed by atoms with E-state index in [0.717, 1.165) is 17.0 Å². The fourth-order valence-electron chi connectivity index (χ4n) is 7.83. The van der Waals surface area contributed by atoms with Gasteiger partial charge in [-0.05, 0) is 52.5 Å². The Morgan fingerprint density at radius 3 is 2.30 bits per heavy atom. The molecular formula is C40H46ClN5O5S2Si. The van der Waals surface area contributed by atoms with Gasteiger partial charge in [0.1, 0.15) is 5.03 Å². The molecule has 0 radical (unpaired) electrons. The highest BCUT2D eigenvalue weighted by Gasteiger charge is 2.52. The maximum Gasteiger partial charge on any atom is 0.283 e. The fraction of sp³-hybridized carbons (Fsp3) is 0.375. The van der Waals surface area contributed by atoms with Crippen LogP contribution >= 0.6 is 22.9 Å². The number of fused-ring (bicyclic) bond motifs is 2. The predicted octanol–water partition coefficient (Wildman–Crippen LogP) is 5.71. The quantitative estimate of drug-likeness (QED) is 0.191. The average molecular weight is 805 g/mol. The van der Waals surface area contributed by atoms with Gasteiger partial charge in [-0.15, -0.1) is 11.3 Å². The van der Waals surface area contributed by atoms with Gasteiger partial charge < -0.3 is 19.2 Å². The van der Waals surface area contributed by atoms with Crippen LogP contribution in [0.4, 0.5) is 0 Å². The van der Waals surface area contributed by atoms with Crippen molar-refractivity contribution in [2.24, 2.45) is 0 Å². The lowest BCUT2D eigenvalue weighted by atomic mass is 10.0. The van der Waals surface area contributed by atoms with Crippen LogP contribution in [0.3, 0.4) is 0 Å². The molecule has 1 aliphatic carbocycles. The second-order valence-electron chi connectivity index (χ2n) is 15.4. The van der Waals surface area contributed by atoms with Gasteiger partial charge in [0, 0.05) is 67.4 Å². The summed E-state index contributed by atoms with van der Waals surface area (Å²) in [5, 5.41) is 3.87. The largest absolute Gasteiger partial charge is 0.404 e. The smallest absolute Gasteiger partial charge is 0.283 e. The summed E-state index contributed by atoms with van der Waals surface area (Å²) in [5.41, 5.74) is 1.56. The number of hydrogen-bond donors (Lipinski definition) is 1. The van der Waals surface area contributed by atoms with E-state index >= 15 is 0 Å². The molecule has 7 rings (SSSR count). The van der Waals surface area contributed by atoms with E-state index in [1.54, 1.807) is 43.3 Å². The second-order valence-corrected chi connectivity index (χ2v) is 23.1. The summed E-state index contributed by atoms with van der Waals surface area (Å²) in [6.45, 7) is 7.00. The number of nitrogens with zero attached hydrogens (tertiary/aromatic N) is 4. The third-order valence-electron chi connectivity index (χ3n) is 10.6. The number of piperazine rings is 1. The van der Waals surface area contributed by atoms with E-state index in [0.29, 0.717) is 33.8 Å². The first-order valence-corrected chi connectivity index (χ1v) is 22.8. The molecule has 54 heavy (non-hydrogen) atoms. The lowest BCUT2D eigenvalue weighted by Gasteiger charge is -2.45. The van der Waals surface area contributed by atoms with Crippen LogP contribution in [-0.4, -0.2) is 98.5 Å². The Morgan fingerprint density at radius 1 is 1.00 bits per heavy atom. The van der Waals surface area contributed by atoms with Crippen molar-refractivity contribution in [3.05, 3.63) is 106 Å². The molecule has 1 N–H and O–H groups in total. The summed E-state index contributed by atoms with van der Waals surface area (Å²) in [5.74, 6) is -0.480. The third kappa shape index (κ3) is 7.29. The Kier molecular flexibility index (Phi) is 10.7. The van der Waals surface area contributed by atoms with Crippen LogP contribution < -0.4 is 10.4 Å². The molecule has 5 aromatic rings. The number of aromatic nitrogens is 2. The highest BCUT2D eigenvalue weighted by Crippen LogP contribution is 2.40. The minimum atomic E-state index is -3.97. The number of carbonyl (C=O) groups is 2. The summed E-state index contributed by atoms with van der Waals surface area (Å²) in [4.78, 5) is 39.4. The Balaban J connectivity index is 1.13. The molecule has 3 aromatic carbocycles. The molecular weight excluding hydrogens is 758 g/mol. The Morgan fingerprint density at radius 2 is 1.67 bits per heavy atom. The number of aromatic amines is 1. The van der Waals surface area contributed by atoms with Crippen LogP contribution in [-0.2, 0) is 32.1 Å². The number of nitrogens with one attached hydrogen (secondary N) is 1. The van der Waals surface area contributed by atoms with E-state index in [9.17, 15) is 18.0 Å². The number of halogens is 1. The first-order chi connectivity index (χ1) is 25.7. The normalized spacial score (nSPS) is 18.4. The van der Waals surface area contributed by atoms with Crippen LogP contribution in [0.5, 0.6) is 0 Å². The van der Waals surface area contributed by atoms with Crippen molar-refractivity contribution >= 4 is 74.4 Å². The summed E-state index contributed by atoms with van der Waals surface area (Å²) in [6.07, 6.45) is 2.03. The molecule has 10 nitrogen and oxygen atoms in total. The molecule has 0 saturated carbocycles. The number of carbonyl (C=O) groups excluding carboxylic acids is 2. The molecule has 3 heterocycles. The first-order valence-electron chi connectivity index (χ1n) is 18.2. The topological polar surface area (TPSA) is 116 Å². The van der Waals surface area contributed by atoms with Gasteiger partial charge in [0.15, 0.2) is 5.01 Å². The Labute approximate surface area is 327 Å². The molecule has 0 bridgehead atoms. The number of aryl methyl sites for hydroxylation is 1. The molecule has 1 saturated heterocycles. The van der Waals surface area contributed by atoms with Gasteiger partial charge >= 0.3 is 0 Å². The van der Waals surface area contributed by atoms with Crippen LogP contribution in [0, 0.1) is 0 Å². The van der Waals surface area contributed by atoms with E-state index in [-0.39, 0.29) is 54.0 Å². The summed E-state index contributed by atoms with van der Waals surface area (Å²) in [7, 11) is -3.44. The molecule has 14 heteroatoms. The van der Waals surface area contributed by atoms with E-state index in [4.69, 9.17) is 21.0 Å². The van der Waals surface area contributed by atoms with Gasteiger partial charge in [0.2, 0.25) is 5.91 Å². The molecule has 2 aromatic heterocycles. The predicted molar refractivity (Wildman–Crippen MR) is 217 cm³/mol. The molecule has 2 amide bonds. The number of rotatable bonds is 9. The molecule has 2 unspecified atom stereocenters. The van der Waals surface area contributed by atoms with Gasteiger partial charge in [-0.1, -0.05) is 93.0 Å². The van der Waals surface area contributed by atoms with Crippen molar-refractivity contribution in [2.75, 3.05) is 33.7 Å². The first kappa shape index (κ1) is 38.4. The Hall–Kier alpha value is -3.85. The molecule has 0 spiro atoms. The summed E-state index contributed by atoms with van der Waals surface area (Å²) < 4.78 is 36.6. The zero-order valence-corrected chi connectivity index (χ0v) is 34.6. The monoisotopic (exact) mass is 803 g/mol.